The van der Waals surface area contributed by atoms with Gasteiger partial charge in [0.1, 0.15) is 11.6 Å². The molecule has 0 bridgehead atoms. The van der Waals surface area contributed by atoms with Crippen LogP contribution in [0.3, 0.4) is 0 Å². The summed E-state index contributed by atoms with van der Waals surface area (Å²) in [5.41, 5.74) is 1.14. The van der Waals surface area contributed by atoms with Crippen molar-refractivity contribution >= 4 is 0 Å². The molecule has 0 aliphatic carbocycles. The first-order valence-electron chi connectivity index (χ1n) is 4.99. The lowest BCUT2D eigenvalue weighted by Crippen LogP contribution is -1.91. The summed E-state index contributed by atoms with van der Waals surface area (Å²) in [6, 6.07) is 9.34. The second-order valence-electron chi connectivity index (χ2n) is 3.51. The van der Waals surface area contributed by atoms with Crippen LogP contribution in [0.4, 0.5) is 4.39 Å². The molecule has 84 valence electrons. The van der Waals surface area contributed by atoms with Crippen LogP contribution >= 0.6 is 0 Å². The molecule has 0 atom stereocenters. The van der Waals surface area contributed by atoms with Gasteiger partial charge >= 0.3 is 0 Å². The molecule has 0 amide bonds. The topological polar surface area (TPSA) is 45.9 Å². The van der Waals surface area contributed by atoms with Crippen molar-refractivity contribution in [1.29, 1.82) is 5.26 Å². The van der Waals surface area contributed by atoms with Crippen molar-refractivity contribution in [2.24, 2.45) is 0 Å². The average Bonchev–Trinajstić information content (AvgIpc) is 2.33. The summed E-state index contributed by atoms with van der Waals surface area (Å²) >= 11 is 0. The zero-order valence-electron chi connectivity index (χ0n) is 9.14. The lowest BCUT2D eigenvalue weighted by atomic mass is 10.2. The number of ether oxygens (including phenoxy) is 1. The molecular formula is C13H9FN2O. The summed E-state index contributed by atoms with van der Waals surface area (Å²) in [6.07, 6.45) is 1.49. The molecule has 1 aromatic carbocycles. The number of rotatable bonds is 2. The van der Waals surface area contributed by atoms with Gasteiger partial charge in [0.15, 0.2) is 0 Å². The molecule has 0 aliphatic heterocycles. The van der Waals surface area contributed by atoms with Gasteiger partial charge in [-0.25, -0.2) is 9.37 Å². The van der Waals surface area contributed by atoms with E-state index >= 15 is 0 Å². The van der Waals surface area contributed by atoms with Crippen LogP contribution in [-0.2, 0) is 0 Å². The van der Waals surface area contributed by atoms with Crippen LogP contribution in [-0.4, -0.2) is 4.98 Å². The molecule has 0 saturated carbocycles. The number of aryl methyl sites for hydroxylation is 1. The summed E-state index contributed by atoms with van der Waals surface area (Å²) in [4.78, 5) is 3.98. The van der Waals surface area contributed by atoms with Crippen molar-refractivity contribution < 1.29 is 9.13 Å². The van der Waals surface area contributed by atoms with E-state index in [-0.39, 0.29) is 5.82 Å². The lowest BCUT2D eigenvalue weighted by molar-refractivity contribution is 0.457. The van der Waals surface area contributed by atoms with Crippen molar-refractivity contribution in [3.8, 4) is 17.7 Å². The highest BCUT2D eigenvalue weighted by Gasteiger charge is 2.04. The first-order chi connectivity index (χ1) is 8.19. The molecule has 2 aromatic rings. The van der Waals surface area contributed by atoms with Gasteiger partial charge in [-0.3, -0.25) is 0 Å². The second-order valence-corrected chi connectivity index (χ2v) is 3.51. The standard InChI is InChI=1S/C13H9FN2O/c1-9-6-11(14)2-3-12(9)17-13-7-10(8-15)4-5-16-13/h2-7H,1H3. The molecule has 1 aromatic heterocycles. The molecule has 0 fully saturated rings. The van der Waals surface area contributed by atoms with Crippen LogP contribution < -0.4 is 4.74 Å². The number of nitriles is 1. The minimum atomic E-state index is -0.311. The van der Waals surface area contributed by atoms with Gasteiger partial charge in [0.2, 0.25) is 5.88 Å². The van der Waals surface area contributed by atoms with E-state index in [1.807, 2.05) is 6.07 Å². The molecule has 0 saturated heterocycles. The van der Waals surface area contributed by atoms with Gasteiger partial charge < -0.3 is 4.74 Å². The van der Waals surface area contributed by atoms with E-state index in [4.69, 9.17) is 10.00 Å². The van der Waals surface area contributed by atoms with E-state index < -0.39 is 0 Å². The zero-order valence-corrected chi connectivity index (χ0v) is 9.14. The Hall–Kier alpha value is -2.41. The number of hydrogen-bond acceptors (Lipinski definition) is 3. The molecule has 0 spiro atoms. The van der Waals surface area contributed by atoms with Crippen LogP contribution in [0.2, 0.25) is 0 Å². The first kappa shape index (κ1) is 11.1. The summed E-state index contributed by atoms with van der Waals surface area (Å²) < 4.78 is 18.4. The predicted octanol–water partition coefficient (Wildman–Crippen LogP) is 3.19. The molecule has 3 nitrogen and oxygen atoms in total. The zero-order chi connectivity index (χ0) is 12.3. The van der Waals surface area contributed by atoms with Gasteiger partial charge in [0.25, 0.3) is 0 Å². The van der Waals surface area contributed by atoms with Gasteiger partial charge in [-0.15, -0.1) is 0 Å². The van der Waals surface area contributed by atoms with E-state index in [0.717, 1.165) is 0 Å². The highest BCUT2D eigenvalue weighted by Crippen LogP contribution is 2.24. The Labute approximate surface area is 98.1 Å². The molecule has 0 N–H and O–H groups in total. The second kappa shape index (κ2) is 4.62. The van der Waals surface area contributed by atoms with Crippen molar-refractivity contribution in [1.82, 2.24) is 4.98 Å². The molecular weight excluding hydrogens is 219 g/mol. The highest BCUT2D eigenvalue weighted by atomic mass is 19.1. The van der Waals surface area contributed by atoms with E-state index in [1.54, 1.807) is 13.0 Å². The number of hydrogen-bond donors (Lipinski definition) is 0. The third-order valence-electron chi connectivity index (χ3n) is 2.22. The van der Waals surface area contributed by atoms with E-state index in [2.05, 4.69) is 4.98 Å². The fourth-order valence-electron chi connectivity index (χ4n) is 1.37. The Balaban J connectivity index is 2.28. The molecule has 17 heavy (non-hydrogen) atoms. The van der Waals surface area contributed by atoms with Crippen LogP contribution in [0.15, 0.2) is 36.5 Å². The van der Waals surface area contributed by atoms with Gasteiger partial charge in [-0.1, -0.05) is 0 Å². The quantitative estimate of drug-likeness (QED) is 0.792. The Kier molecular flexibility index (Phi) is 3.01. The fourth-order valence-corrected chi connectivity index (χ4v) is 1.37. The van der Waals surface area contributed by atoms with Gasteiger partial charge in [-0.2, -0.15) is 5.26 Å². The third-order valence-corrected chi connectivity index (χ3v) is 2.22. The summed E-state index contributed by atoms with van der Waals surface area (Å²) in [5.74, 6) is 0.529. The van der Waals surface area contributed by atoms with Gasteiger partial charge in [0, 0.05) is 12.3 Å². The fraction of sp³-hybridized carbons (Fsp3) is 0.0769. The van der Waals surface area contributed by atoms with Crippen molar-refractivity contribution in [2.45, 2.75) is 6.92 Å². The molecule has 0 radical (unpaired) electrons. The number of aromatic nitrogens is 1. The number of halogens is 1. The molecule has 1 heterocycles. The molecule has 4 heteroatoms. The summed E-state index contributed by atoms with van der Waals surface area (Å²) in [7, 11) is 0. The van der Waals surface area contributed by atoms with Crippen molar-refractivity contribution in [2.75, 3.05) is 0 Å². The van der Waals surface area contributed by atoms with Crippen LogP contribution in [0.5, 0.6) is 11.6 Å². The van der Waals surface area contributed by atoms with Crippen LogP contribution in [0.1, 0.15) is 11.1 Å². The van der Waals surface area contributed by atoms with E-state index in [1.165, 1.54) is 30.5 Å². The smallest absolute Gasteiger partial charge is 0.220 e. The average molecular weight is 228 g/mol. The Bertz CT molecular complexity index is 590. The minimum Gasteiger partial charge on any atom is -0.439 e. The lowest BCUT2D eigenvalue weighted by Gasteiger charge is -2.07. The van der Waals surface area contributed by atoms with E-state index in [0.29, 0.717) is 22.8 Å². The number of benzene rings is 1. The Morgan fingerprint density at radius 2 is 2.12 bits per heavy atom. The maximum atomic E-state index is 12.9. The van der Waals surface area contributed by atoms with Crippen molar-refractivity contribution in [3.05, 3.63) is 53.5 Å². The largest absolute Gasteiger partial charge is 0.439 e. The first-order valence-corrected chi connectivity index (χ1v) is 4.99. The monoisotopic (exact) mass is 228 g/mol. The van der Waals surface area contributed by atoms with Gasteiger partial charge in [0.05, 0.1) is 11.6 Å². The minimum absolute atomic E-state index is 0.311. The summed E-state index contributed by atoms with van der Waals surface area (Å²) in [5, 5.41) is 8.74. The van der Waals surface area contributed by atoms with Crippen LogP contribution in [0, 0.1) is 24.1 Å². The highest BCUT2D eigenvalue weighted by molar-refractivity contribution is 5.37. The van der Waals surface area contributed by atoms with E-state index in [9.17, 15) is 4.39 Å². The molecule has 2 rings (SSSR count). The number of nitrogens with zero attached hydrogens (tertiary/aromatic N) is 2. The maximum absolute atomic E-state index is 12.9. The number of pyridine rings is 1. The maximum Gasteiger partial charge on any atom is 0.220 e. The SMILES string of the molecule is Cc1cc(F)ccc1Oc1cc(C#N)ccn1. The summed E-state index contributed by atoms with van der Waals surface area (Å²) in [6.45, 7) is 1.74. The molecule has 0 unspecified atom stereocenters. The van der Waals surface area contributed by atoms with Crippen molar-refractivity contribution in [3.63, 3.8) is 0 Å². The Morgan fingerprint density at radius 1 is 1.29 bits per heavy atom. The molecule has 0 aliphatic rings. The van der Waals surface area contributed by atoms with Crippen LogP contribution in [0.25, 0.3) is 0 Å². The predicted molar refractivity (Wildman–Crippen MR) is 60.2 cm³/mol. The normalized spacial score (nSPS) is 9.71. The Morgan fingerprint density at radius 3 is 2.82 bits per heavy atom. The van der Waals surface area contributed by atoms with Gasteiger partial charge in [-0.05, 0) is 36.8 Å². The third kappa shape index (κ3) is 2.58.